The number of benzene rings is 2. The summed E-state index contributed by atoms with van der Waals surface area (Å²) < 4.78 is 36.0. The molecule has 0 saturated carbocycles. The molecule has 10 nitrogen and oxygen atoms in total. The Morgan fingerprint density at radius 1 is 1.02 bits per heavy atom. The Morgan fingerprint density at radius 3 is 2.64 bits per heavy atom. The molecule has 2 atom stereocenters. The van der Waals surface area contributed by atoms with Crippen LogP contribution in [-0.4, -0.2) is 104 Å². The number of pyridine rings is 1. The van der Waals surface area contributed by atoms with Gasteiger partial charge in [-0.2, -0.15) is 0 Å². The number of nitrogens with zero attached hydrogens (tertiary/aromatic N) is 4. The molecule has 8 rings (SSSR count). The van der Waals surface area contributed by atoms with E-state index in [1.807, 2.05) is 30.4 Å². The van der Waals surface area contributed by atoms with Crippen LogP contribution in [0.1, 0.15) is 28.3 Å². The third-order valence-corrected chi connectivity index (χ3v) is 9.54. The normalized spacial score (nSPS) is 22.0. The van der Waals surface area contributed by atoms with E-state index >= 15 is 4.39 Å². The molecule has 0 radical (unpaired) electrons. The van der Waals surface area contributed by atoms with Gasteiger partial charge in [-0.3, -0.25) is 9.59 Å². The number of ether oxygens (including phenoxy) is 3. The minimum absolute atomic E-state index is 0.0172. The van der Waals surface area contributed by atoms with Gasteiger partial charge in [-0.05, 0) is 38.2 Å². The van der Waals surface area contributed by atoms with Gasteiger partial charge in [0.15, 0.2) is 17.3 Å². The maximum atomic E-state index is 16.0. The highest BCUT2D eigenvalue weighted by Gasteiger charge is 2.36. The average molecular weight is 614 g/mol. The van der Waals surface area contributed by atoms with Crippen molar-refractivity contribution in [2.24, 2.45) is 0 Å². The Labute approximate surface area is 260 Å². The molecule has 2 aromatic carbocycles. The van der Waals surface area contributed by atoms with Gasteiger partial charge in [0, 0.05) is 69.6 Å². The maximum Gasteiger partial charge on any atom is 0.259 e. The molecule has 11 heteroatoms. The third-order valence-electron chi connectivity index (χ3n) is 9.54. The number of likely N-dealkylation sites (N-methyl/N-ethyl adjacent to an activating group) is 1. The van der Waals surface area contributed by atoms with Gasteiger partial charge in [0.25, 0.3) is 5.91 Å². The fourth-order valence-corrected chi connectivity index (χ4v) is 6.99. The summed E-state index contributed by atoms with van der Waals surface area (Å²) in [4.78, 5) is 33.9. The van der Waals surface area contributed by atoms with Crippen molar-refractivity contribution in [3.8, 4) is 22.9 Å². The Hall–Kier alpha value is -4.19. The Morgan fingerprint density at radius 2 is 1.82 bits per heavy atom. The first kappa shape index (κ1) is 28.3. The monoisotopic (exact) mass is 613 g/mol. The number of carbonyl (C=O) groups excluding carboxylic acids is 1. The highest BCUT2D eigenvalue weighted by Crippen LogP contribution is 2.50. The number of hydrogen-bond donors (Lipinski definition) is 1. The summed E-state index contributed by atoms with van der Waals surface area (Å²) in [6.45, 7) is 7.15. The van der Waals surface area contributed by atoms with Crippen molar-refractivity contribution in [1.29, 1.82) is 0 Å². The van der Waals surface area contributed by atoms with Gasteiger partial charge in [-0.1, -0.05) is 18.2 Å². The summed E-state index contributed by atoms with van der Waals surface area (Å²) >= 11 is 0. The molecule has 2 unspecified atom stereocenters. The van der Waals surface area contributed by atoms with Gasteiger partial charge in [0.1, 0.15) is 28.6 Å². The van der Waals surface area contributed by atoms with E-state index in [-0.39, 0.29) is 34.4 Å². The highest BCUT2D eigenvalue weighted by atomic mass is 19.1. The molecule has 3 aromatic rings. The second-order valence-electron chi connectivity index (χ2n) is 12.4. The molecule has 4 aliphatic heterocycles. The lowest BCUT2D eigenvalue weighted by molar-refractivity contribution is 0.0301. The van der Waals surface area contributed by atoms with Crippen molar-refractivity contribution >= 4 is 22.5 Å². The number of anilines is 1. The number of piperazine rings is 1. The number of fused-ring (bicyclic) bond motifs is 5. The largest absolute Gasteiger partial charge is 0.485 e. The van der Waals surface area contributed by atoms with E-state index in [2.05, 4.69) is 28.2 Å². The maximum absolute atomic E-state index is 16.0. The van der Waals surface area contributed by atoms with Gasteiger partial charge in [-0.15, -0.1) is 0 Å². The first-order chi connectivity index (χ1) is 22.0. The number of hydrogen-bond acceptors (Lipinski definition) is 8. The Balaban J connectivity index is 1.20. The molecule has 2 saturated heterocycles. The molecule has 1 N–H and O–H groups in total. The number of rotatable bonds is 6. The fraction of sp³-hybridized carbons (Fsp3) is 0.412. The van der Waals surface area contributed by atoms with Crippen molar-refractivity contribution < 1.29 is 23.4 Å². The van der Waals surface area contributed by atoms with Crippen LogP contribution in [0.25, 0.3) is 16.6 Å². The van der Waals surface area contributed by atoms with Gasteiger partial charge in [0.05, 0.1) is 24.3 Å². The van der Waals surface area contributed by atoms with Gasteiger partial charge in [-0.25, -0.2) is 4.39 Å². The van der Waals surface area contributed by atoms with Crippen LogP contribution in [0.5, 0.6) is 17.2 Å². The number of carbonyl (C=O) groups is 1. The van der Waals surface area contributed by atoms with Crippen molar-refractivity contribution in [2.45, 2.75) is 18.4 Å². The average Bonchev–Trinajstić information content (AvgIpc) is 3.42. The minimum atomic E-state index is -0.593. The summed E-state index contributed by atoms with van der Waals surface area (Å²) in [5.74, 6) is 0.513. The van der Waals surface area contributed by atoms with E-state index in [1.165, 1.54) is 6.07 Å². The number of morpholine rings is 1. The number of amides is 1. The Kier molecular flexibility index (Phi) is 7.11. The zero-order chi connectivity index (χ0) is 30.7. The van der Waals surface area contributed by atoms with Crippen molar-refractivity contribution in [3.05, 3.63) is 75.9 Å². The molecule has 1 amide bonds. The zero-order valence-electron chi connectivity index (χ0n) is 25.3. The second kappa shape index (κ2) is 11.3. The van der Waals surface area contributed by atoms with Crippen LogP contribution >= 0.6 is 0 Å². The predicted octanol–water partition coefficient (Wildman–Crippen LogP) is 3.73. The molecular formula is C34H36FN5O5. The summed E-state index contributed by atoms with van der Waals surface area (Å²) in [7, 11) is 2.13. The first-order valence-corrected chi connectivity index (χ1v) is 15.8. The first-order valence-electron chi connectivity index (χ1n) is 15.8. The Bertz CT molecular complexity index is 1810. The van der Waals surface area contributed by atoms with Crippen molar-refractivity contribution in [2.75, 3.05) is 77.9 Å². The number of allylic oxidation sites excluding steroid dienone is 2. The predicted molar refractivity (Wildman–Crippen MR) is 169 cm³/mol. The summed E-state index contributed by atoms with van der Waals surface area (Å²) in [6.07, 6.45) is 10.4. The molecule has 45 heavy (non-hydrogen) atoms. The van der Waals surface area contributed by atoms with E-state index in [1.54, 1.807) is 15.7 Å². The molecular weight excluding hydrogens is 577 g/mol. The van der Waals surface area contributed by atoms with Crippen LogP contribution in [0.3, 0.4) is 0 Å². The molecule has 1 aromatic heterocycles. The molecule has 0 spiro atoms. The van der Waals surface area contributed by atoms with Gasteiger partial charge in [0.2, 0.25) is 5.43 Å². The standard InChI is InChI=1S/C34H36FN5O5/c1-37-9-11-38(12-10-37)8-4-7-36-30-25(35)17-23-31-33(30)45-29-18-22-21-5-2-3-6-27(21)44-28(22)19-26(29)40(31)20-24(32(23)41)34(42)39-13-15-43-16-14-39/h2-3,5-6,17-21,27,36H,4,7-16H2,1H3. The van der Waals surface area contributed by atoms with Crippen molar-refractivity contribution in [1.82, 2.24) is 19.3 Å². The SMILES string of the molecule is CN1CCN(CCCNc2c(F)cc3c(=O)c(C(=O)N4CCOCC4)cn4c3c2Oc2cc3c(cc2-4)OC2C=CC=CC32)CC1. The van der Waals surface area contributed by atoms with Crippen LogP contribution in [0.2, 0.25) is 0 Å². The molecule has 2 fully saturated rings. The lowest BCUT2D eigenvalue weighted by Gasteiger charge is -2.32. The zero-order valence-corrected chi connectivity index (χ0v) is 25.3. The van der Waals surface area contributed by atoms with Crippen LogP contribution in [-0.2, 0) is 4.74 Å². The van der Waals surface area contributed by atoms with Crippen LogP contribution in [0.4, 0.5) is 10.1 Å². The number of halogens is 1. The van der Waals surface area contributed by atoms with Crippen LogP contribution in [0, 0.1) is 5.82 Å². The third kappa shape index (κ3) is 4.90. The molecule has 1 aliphatic carbocycles. The summed E-state index contributed by atoms with van der Waals surface area (Å²) in [5, 5.41) is 3.38. The number of nitrogens with one attached hydrogen (secondary N) is 1. The lowest BCUT2D eigenvalue weighted by Crippen LogP contribution is -2.44. The summed E-state index contributed by atoms with van der Waals surface area (Å²) in [5.41, 5.74) is 1.69. The minimum Gasteiger partial charge on any atom is -0.485 e. The van der Waals surface area contributed by atoms with Crippen LogP contribution < -0.4 is 20.2 Å². The second-order valence-corrected chi connectivity index (χ2v) is 12.4. The van der Waals surface area contributed by atoms with Crippen molar-refractivity contribution in [3.63, 3.8) is 0 Å². The smallest absolute Gasteiger partial charge is 0.259 e. The number of aromatic nitrogens is 1. The van der Waals surface area contributed by atoms with E-state index in [0.29, 0.717) is 55.6 Å². The van der Waals surface area contributed by atoms with E-state index in [0.717, 1.165) is 44.7 Å². The molecule has 5 heterocycles. The molecule has 234 valence electrons. The lowest BCUT2D eigenvalue weighted by atomic mass is 9.91. The van der Waals surface area contributed by atoms with E-state index in [4.69, 9.17) is 14.2 Å². The molecule has 0 bridgehead atoms. The highest BCUT2D eigenvalue weighted by molar-refractivity contribution is 6.01. The quantitative estimate of drug-likeness (QED) is 0.330. The fourth-order valence-electron chi connectivity index (χ4n) is 6.99. The topological polar surface area (TPSA) is 88.5 Å². The van der Waals surface area contributed by atoms with Crippen LogP contribution in [0.15, 0.2) is 53.5 Å². The van der Waals surface area contributed by atoms with E-state index < -0.39 is 17.2 Å². The van der Waals surface area contributed by atoms with Gasteiger partial charge < -0.3 is 38.8 Å². The van der Waals surface area contributed by atoms with Gasteiger partial charge >= 0.3 is 0 Å². The van der Waals surface area contributed by atoms with E-state index in [9.17, 15) is 9.59 Å². The summed E-state index contributed by atoms with van der Waals surface area (Å²) in [6, 6.07) is 5.07. The molecule has 5 aliphatic rings.